The van der Waals surface area contributed by atoms with Gasteiger partial charge in [-0.25, -0.2) is 0 Å². The van der Waals surface area contributed by atoms with Crippen molar-refractivity contribution in [2.24, 2.45) is 0 Å². The second kappa shape index (κ2) is 13.5. The van der Waals surface area contributed by atoms with Gasteiger partial charge in [0.1, 0.15) is 0 Å². The van der Waals surface area contributed by atoms with Crippen molar-refractivity contribution in [1.29, 1.82) is 0 Å². The van der Waals surface area contributed by atoms with Crippen LogP contribution in [0.4, 0.5) is 0 Å². The van der Waals surface area contributed by atoms with Crippen LogP contribution in [0.1, 0.15) is 8.22 Å². The molecule has 0 unspecified atom stereocenters. The average Bonchev–Trinajstić information content (AvgIpc) is 3.85. The second-order valence-corrected chi connectivity index (χ2v) is 18.1. The molecule has 0 saturated heterocycles. The van der Waals surface area contributed by atoms with Crippen LogP contribution in [0.15, 0.2) is 230 Å². The largest absolute Gasteiger partial charge is 0.309 e. The molecule has 11 rings (SSSR count). The molecule has 2 heterocycles. The summed E-state index contributed by atoms with van der Waals surface area (Å²) in [5, 5.41) is 7.08. The quantitative estimate of drug-likeness (QED) is 0.113. The van der Waals surface area contributed by atoms with Crippen LogP contribution < -0.4 is 20.7 Å². The van der Waals surface area contributed by atoms with Gasteiger partial charge < -0.3 is 9.13 Å². The maximum Gasteiger partial charge on any atom is 0.179 e. The third-order valence-electron chi connectivity index (χ3n) is 11.3. The standard InChI is InChI=1S/C54H38N2Si/c1-4-20-43(21-5-1)57(44-22-6-2-7-23-44,45-24-8-3-9-25-45)46-26-18-19-39(37-46)40-35-41(55-51-31-14-10-27-47(51)48-28-11-15-32-52(48)55)38-42(36-40)56-53-33-16-12-29-49(53)50-30-13-17-34-54(50)56/h1-38H/i18D,19D,26D,35D,36D,37D. The number of aromatic nitrogens is 2. The number of benzene rings is 9. The average molecular weight is 749 g/mol. The maximum absolute atomic E-state index is 10.5. The Bertz CT molecular complexity index is 3240. The summed E-state index contributed by atoms with van der Waals surface area (Å²) >= 11 is 0. The Balaban J connectivity index is 1.34. The monoisotopic (exact) mass is 748 g/mol. The van der Waals surface area contributed by atoms with Crippen molar-refractivity contribution in [3.05, 3.63) is 230 Å². The number of rotatable bonds is 7. The van der Waals surface area contributed by atoms with Crippen molar-refractivity contribution in [3.8, 4) is 22.5 Å². The van der Waals surface area contributed by atoms with Gasteiger partial charge in [-0.05, 0) is 74.3 Å². The van der Waals surface area contributed by atoms with Gasteiger partial charge in [-0.1, -0.05) is 188 Å². The molecule has 0 aliphatic rings. The summed E-state index contributed by atoms with van der Waals surface area (Å²) in [6, 6.07) is 63.0. The van der Waals surface area contributed by atoms with E-state index >= 15 is 0 Å². The Morgan fingerprint density at radius 2 is 0.684 bits per heavy atom. The van der Waals surface area contributed by atoms with E-state index in [1.807, 2.05) is 170 Å². The fourth-order valence-corrected chi connectivity index (χ4v) is 13.4. The fraction of sp³-hybridized carbons (Fsp3) is 0. The van der Waals surface area contributed by atoms with Gasteiger partial charge in [-0.3, -0.25) is 0 Å². The van der Waals surface area contributed by atoms with Crippen LogP contribution in [0.5, 0.6) is 0 Å². The molecule has 2 nitrogen and oxygen atoms in total. The molecule has 268 valence electrons. The van der Waals surface area contributed by atoms with E-state index in [4.69, 9.17) is 0 Å². The molecule has 0 saturated carbocycles. The van der Waals surface area contributed by atoms with E-state index in [1.54, 1.807) is 0 Å². The van der Waals surface area contributed by atoms with Crippen LogP contribution in [0.25, 0.3) is 66.1 Å². The molecule has 11 aromatic rings. The zero-order chi connectivity index (χ0) is 43.0. The summed E-state index contributed by atoms with van der Waals surface area (Å²) < 4.78 is 64.5. The molecule has 0 amide bonds. The van der Waals surface area contributed by atoms with E-state index in [-0.39, 0.29) is 47.4 Å². The number of hydrogen-bond acceptors (Lipinski definition) is 0. The van der Waals surface area contributed by atoms with Crippen LogP contribution in [0.3, 0.4) is 0 Å². The highest BCUT2D eigenvalue weighted by Crippen LogP contribution is 2.37. The van der Waals surface area contributed by atoms with Crippen molar-refractivity contribution in [3.63, 3.8) is 0 Å². The topological polar surface area (TPSA) is 9.86 Å². The van der Waals surface area contributed by atoms with Crippen LogP contribution in [-0.4, -0.2) is 17.2 Å². The van der Waals surface area contributed by atoms with Crippen molar-refractivity contribution in [2.45, 2.75) is 0 Å². The normalized spacial score (nSPS) is 13.3. The Morgan fingerprint density at radius 1 is 0.333 bits per heavy atom. The van der Waals surface area contributed by atoms with Gasteiger partial charge in [0.2, 0.25) is 0 Å². The Kier molecular flexibility index (Phi) is 6.50. The highest BCUT2D eigenvalue weighted by molar-refractivity contribution is 7.19. The minimum Gasteiger partial charge on any atom is -0.309 e. The van der Waals surface area contributed by atoms with E-state index in [1.165, 1.54) is 0 Å². The minimum absolute atomic E-state index is 0.00898. The van der Waals surface area contributed by atoms with E-state index < -0.39 is 8.07 Å². The SMILES string of the molecule is [2H]c1c([2H])c(-c2c([2H])c(-n3c4ccccc4c4ccccc43)cc(-n3c4ccccc4c4ccccc43)c2[2H])c([2H])c([Si](c2ccccc2)(c2ccccc2)c2ccccc2)c1[2H]. The molecule has 0 aliphatic heterocycles. The van der Waals surface area contributed by atoms with Gasteiger partial charge in [0, 0.05) is 32.9 Å². The lowest BCUT2D eigenvalue weighted by atomic mass is 10.0. The zero-order valence-electron chi connectivity index (χ0n) is 36.9. The predicted molar refractivity (Wildman–Crippen MR) is 244 cm³/mol. The highest BCUT2D eigenvalue weighted by Gasteiger charge is 2.41. The number of fused-ring (bicyclic) bond motifs is 6. The van der Waals surface area contributed by atoms with Crippen molar-refractivity contribution in [1.82, 2.24) is 9.13 Å². The minimum atomic E-state index is -3.63. The van der Waals surface area contributed by atoms with Gasteiger partial charge in [0.05, 0.1) is 30.3 Å². The Hall–Kier alpha value is -7.20. The molecule has 0 atom stereocenters. The molecule has 0 bridgehead atoms. The van der Waals surface area contributed by atoms with Gasteiger partial charge in [0.15, 0.2) is 8.07 Å². The van der Waals surface area contributed by atoms with E-state index in [0.717, 1.165) is 59.2 Å². The van der Waals surface area contributed by atoms with Gasteiger partial charge >= 0.3 is 0 Å². The summed E-state index contributed by atoms with van der Waals surface area (Å²) in [5.41, 5.74) is 4.46. The number of para-hydroxylation sites is 4. The van der Waals surface area contributed by atoms with Crippen LogP contribution in [-0.2, 0) is 0 Å². The third kappa shape index (κ3) is 5.24. The molecule has 57 heavy (non-hydrogen) atoms. The van der Waals surface area contributed by atoms with Crippen LogP contribution in [0, 0.1) is 0 Å². The number of hydrogen-bond donors (Lipinski definition) is 0. The molecule has 0 fully saturated rings. The Labute approximate surface area is 341 Å². The number of nitrogens with zero attached hydrogens (tertiary/aromatic N) is 2. The molecule has 2 aromatic heterocycles. The zero-order valence-corrected chi connectivity index (χ0v) is 31.9. The smallest absolute Gasteiger partial charge is 0.179 e. The first-order valence-electron chi connectivity index (χ1n) is 22.2. The lowest BCUT2D eigenvalue weighted by molar-refractivity contribution is 1.13. The third-order valence-corrected chi connectivity index (χ3v) is 15.9. The summed E-state index contributed by atoms with van der Waals surface area (Å²) in [7, 11) is -3.63. The first kappa shape index (κ1) is 27.4. The van der Waals surface area contributed by atoms with Gasteiger partial charge in [-0.2, -0.15) is 0 Å². The van der Waals surface area contributed by atoms with Gasteiger partial charge in [-0.15, -0.1) is 0 Å². The molecule has 3 heteroatoms. The predicted octanol–water partition coefficient (Wildman–Crippen LogP) is 10.9. The van der Waals surface area contributed by atoms with Crippen molar-refractivity contribution < 1.29 is 8.22 Å². The molecular formula is C54H38N2Si. The Morgan fingerprint density at radius 3 is 1.07 bits per heavy atom. The van der Waals surface area contributed by atoms with Crippen LogP contribution in [0.2, 0.25) is 0 Å². The molecule has 0 radical (unpaired) electrons. The molecular weight excluding hydrogens is 705 g/mol. The molecule has 0 N–H and O–H groups in total. The first-order valence-corrected chi connectivity index (χ1v) is 21.2. The maximum atomic E-state index is 10.5. The van der Waals surface area contributed by atoms with Gasteiger partial charge in [0.25, 0.3) is 0 Å². The lowest BCUT2D eigenvalue weighted by Gasteiger charge is -2.34. The second-order valence-electron chi connectivity index (χ2n) is 14.4. The summed E-state index contributed by atoms with van der Waals surface area (Å²) in [5.74, 6) is 0. The van der Waals surface area contributed by atoms with E-state index in [9.17, 15) is 8.22 Å². The summed E-state index contributed by atoms with van der Waals surface area (Å²) in [6.45, 7) is 0. The molecule has 0 aliphatic carbocycles. The van der Waals surface area contributed by atoms with Crippen LogP contribution >= 0.6 is 0 Å². The van der Waals surface area contributed by atoms with Crippen molar-refractivity contribution in [2.75, 3.05) is 0 Å². The highest BCUT2D eigenvalue weighted by atomic mass is 28.3. The fourth-order valence-electron chi connectivity index (χ4n) is 8.87. The molecule has 9 aromatic carbocycles. The lowest BCUT2D eigenvalue weighted by Crippen LogP contribution is -2.74. The van der Waals surface area contributed by atoms with E-state index in [0.29, 0.717) is 16.6 Å². The van der Waals surface area contributed by atoms with Crippen molar-refractivity contribution >= 4 is 72.4 Å². The van der Waals surface area contributed by atoms with E-state index in [2.05, 4.69) is 33.4 Å². The summed E-state index contributed by atoms with van der Waals surface area (Å²) in [4.78, 5) is 0. The molecule has 0 spiro atoms. The first-order chi connectivity index (χ1) is 30.8. The summed E-state index contributed by atoms with van der Waals surface area (Å²) in [6.07, 6.45) is 0.